The Morgan fingerprint density at radius 2 is 2.07 bits per heavy atom. The highest BCUT2D eigenvalue weighted by Crippen LogP contribution is 2.08. The summed E-state index contributed by atoms with van der Waals surface area (Å²) in [7, 11) is 0. The molecule has 0 saturated carbocycles. The molecule has 2 N–H and O–H groups in total. The van der Waals surface area contributed by atoms with E-state index in [-0.39, 0.29) is 6.10 Å². The van der Waals surface area contributed by atoms with Crippen LogP contribution < -0.4 is 5.32 Å². The number of nitrogens with zero attached hydrogens (tertiary/aromatic N) is 1. The first-order chi connectivity index (χ1) is 6.72. The molecule has 0 unspecified atom stereocenters. The molecular weight excluding hydrogens is 176 g/mol. The van der Waals surface area contributed by atoms with Crippen LogP contribution in [-0.4, -0.2) is 17.8 Å². The largest absolute Gasteiger partial charge is 0.393 e. The van der Waals surface area contributed by atoms with Gasteiger partial charge in [0.05, 0.1) is 17.7 Å². The quantitative estimate of drug-likeness (QED) is 0.760. The van der Waals surface area contributed by atoms with Gasteiger partial charge in [0.2, 0.25) is 0 Å². The first-order valence-electron chi connectivity index (χ1n) is 4.64. The van der Waals surface area contributed by atoms with Crippen LogP contribution in [-0.2, 0) is 0 Å². The van der Waals surface area contributed by atoms with Crippen molar-refractivity contribution < 1.29 is 5.11 Å². The van der Waals surface area contributed by atoms with Crippen molar-refractivity contribution in [3.8, 4) is 6.07 Å². The van der Waals surface area contributed by atoms with Gasteiger partial charge in [0, 0.05) is 12.2 Å². The van der Waals surface area contributed by atoms with E-state index in [2.05, 4.69) is 11.4 Å². The molecule has 1 aromatic carbocycles. The van der Waals surface area contributed by atoms with Crippen LogP contribution in [0.1, 0.15) is 18.9 Å². The Hall–Kier alpha value is -1.53. The topological polar surface area (TPSA) is 56.0 Å². The lowest BCUT2D eigenvalue weighted by Crippen LogP contribution is -2.09. The fourth-order valence-electron chi connectivity index (χ4n) is 1.09. The van der Waals surface area contributed by atoms with Gasteiger partial charge in [-0.1, -0.05) is 0 Å². The third kappa shape index (κ3) is 3.46. The lowest BCUT2D eigenvalue weighted by molar-refractivity contribution is 0.189. The molecule has 1 atom stereocenters. The van der Waals surface area contributed by atoms with E-state index < -0.39 is 0 Å². The van der Waals surface area contributed by atoms with Gasteiger partial charge in [-0.05, 0) is 37.6 Å². The summed E-state index contributed by atoms with van der Waals surface area (Å²) in [4.78, 5) is 0. The monoisotopic (exact) mass is 190 g/mol. The maximum atomic E-state index is 9.03. The van der Waals surface area contributed by atoms with Gasteiger partial charge in [-0.2, -0.15) is 5.26 Å². The first kappa shape index (κ1) is 10.6. The molecule has 3 nitrogen and oxygen atoms in total. The summed E-state index contributed by atoms with van der Waals surface area (Å²) in [5, 5.41) is 20.8. The molecule has 0 aromatic heterocycles. The Morgan fingerprint density at radius 1 is 1.43 bits per heavy atom. The summed E-state index contributed by atoms with van der Waals surface area (Å²) < 4.78 is 0. The summed E-state index contributed by atoms with van der Waals surface area (Å²) in [6, 6.07) is 9.32. The second kappa shape index (κ2) is 5.25. The standard InChI is InChI=1S/C11H14N2O/c1-9(14)6-7-13-11-4-2-10(8-12)3-5-11/h2-5,9,13-14H,6-7H2,1H3/t9-/m1/s1. The van der Waals surface area contributed by atoms with E-state index in [4.69, 9.17) is 10.4 Å². The van der Waals surface area contributed by atoms with Crippen molar-refractivity contribution in [1.29, 1.82) is 5.26 Å². The van der Waals surface area contributed by atoms with Crippen LogP contribution in [0.5, 0.6) is 0 Å². The molecule has 0 aliphatic heterocycles. The second-order valence-corrected chi connectivity index (χ2v) is 3.25. The lowest BCUT2D eigenvalue weighted by atomic mass is 10.2. The molecule has 0 aliphatic rings. The minimum absolute atomic E-state index is 0.277. The molecule has 1 rings (SSSR count). The summed E-state index contributed by atoms with van der Waals surface area (Å²) >= 11 is 0. The Kier molecular flexibility index (Phi) is 3.96. The van der Waals surface area contributed by atoms with Gasteiger partial charge in [0.25, 0.3) is 0 Å². The van der Waals surface area contributed by atoms with E-state index in [1.165, 1.54) is 0 Å². The summed E-state index contributed by atoms with van der Waals surface area (Å²) in [6.45, 7) is 2.50. The van der Waals surface area contributed by atoms with Gasteiger partial charge in [-0.15, -0.1) is 0 Å². The van der Waals surface area contributed by atoms with Gasteiger partial charge in [-0.3, -0.25) is 0 Å². The van der Waals surface area contributed by atoms with E-state index in [0.717, 1.165) is 18.7 Å². The molecule has 0 fully saturated rings. The molecule has 0 aliphatic carbocycles. The molecule has 3 heteroatoms. The molecule has 0 radical (unpaired) electrons. The van der Waals surface area contributed by atoms with E-state index in [0.29, 0.717) is 5.56 Å². The maximum absolute atomic E-state index is 9.03. The number of aliphatic hydroxyl groups is 1. The molecule has 0 bridgehead atoms. The van der Waals surface area contributed by atoms with E-state index in [1.807, 2.05) is 12.1 Å². The highest BCUT2D eigenvalue weighted by Gasteiger charge is 1.95. The fraction of sp³-hybridized carbons (Fsp3) is 0.364. The Labute approximate surface area is 84.0 Å². The summed E-state index contributed by atoms with van der Waals surface area (Å²) in [6.07, 6.45) is 0.445. The lowest BCUT2D eigenvalue weighted by Gasteiger charge is -2.07. The minimum atomic E-state index is -0.277. The predicted octanol–water partition coefficient (Wildman–Crippen LogP) is 1.74. The normalized spacial score (nSPS) is 11.8. The van der Waals surface area contributed by atoms with Gasteiger partial charge < -0.3 is 10.4 Å². The van der Waals surface area contributed by atoms with Crippen LogP contribution in [0.3, 0.4) is 0 Å². The van der Waals surface area contributed by atoms with Gasteiger partial charge in [0.15, 0.2) is 0 Å². The van der Waals surface area contributed by atoms with Gasteiger partial charge in [-0.25, -0.2) is 0 Å². The zero-order chi connectivity index (χ0) is 10.4. The zero-order valence-corrected chi connectivity index (χ0v) is 8.20. The van der Waals surface area contributed by atoms with E-state index in [9.17, 15) is 0 Å². The zero-order valence-electron chi connectivity index (χ0n) is 8.20. The van der Waals surface area contributed by atoms with Crippen molar-refractivity contribution in [1.82, 2.24) is 0 Å². The number of hydrogen-bond donors (Lipinski definition) is 2. The first-order valence-corrected chi connectivity index (χ1v) is 4.64. The predicted molar refractivity (Wildman–Crippen MR) is 55.9 cm³/mol. The van der Waals surface area contributed by atoms with Gasteiger partial charge >= 0.3 is 0 Å². The van der Waals surface area contributed by atoms with E-state index in [1.54, 1.807) is 19.1 Å². The molecule has 74 valence electrons. The van der Waals surface area contributed by atoms with Crippen LogP contribution in [0.4, 0.5) is 5.69 Å². The molecule has 0 spiro atoms. The Balaban J connectivity index is 2.41. The second-order valence-electron chi connectivity index (χ2n) is 3.25. The molecule has 0 heterocycles. The number of aliphatic hydroxyl groups excluding tert-OH is 1. The van der Waals surface area contributed by atoms with Crippen molar-refractivity contribution in [3.05, 3.63) is 29.8 Å². The smallest absolute Gasteiger partial charge is 0.0991 e. The minimum Gasteiger partial charge on any atom is -0.393 e. The number of rotatable bonds is 4. The van der Waals surface area contributed by atoms with Crippen LogP contribution in [0.25, 0.3) is 0 Å². The number of benzene rings is 1. The molecule has 1 aromatic rings. The molecular formula is C11H14N2O. The molecule has 0 saturated heterocycles. The van der Waals surface area contributed by atoms with Crippen molar-refractivity contribution in [2.75, 3.05) is 11.9 Å². The van der Waals surface area contributed by atoms with Crippen molar-refractivity contribution >= 4 is 5.69 Å². The van der Waals surface area contributed by atoms with Crippen LogP contribution in [0, 0.1) is 11.3 Å². The van der Waals surface area contributed by atoms with Crippen LogP contribution in [0.15, 0.2) is 24.3 Å². The highest BCUT2D eigenvalue weighted by molar-refractivity contribution is 5.46. The number of hydrogen-bond acceptors (Lipinski definition) is 3. The van der Waals surface area contributed by atoms with Crippen molar-refractivity contribution in [2.24, 2.45) is 0 Å². The number of anilines is 1. The van der Waals surface area contributed by atoms with Gasteiger partial charge in [0.1, 0.15) is 0 Å². The van der Waals surface area contributed by atoms with Crippen molar-refractivity contribution in [2.45, 2.75) is 19.4 Å². The highest BCUT2D eigenvalue weighted by atomic mass is 16.3. The SMILES string of the molecule is C[C@@H](O)CCNc1ccc(C#N)cc1. The number of nitriles is 1. The Morgan fingerprint density at radius 3 is 2.57 bits per heavy atom. The number of nitrogens with one attached hydrogen (secondary N) is 1. The third-order valence-corrected chi connectivity index (χ3v) is 1.91. The average molecular weight is 190 g/mol. The van der Waals surface area contributed by atoms with Crippen LogP contribution >= 0.6 is 0 Å². The third-order valence-electron chi connectivity index (χ3n) is 1.91. The average Bonchev–Trinajstić information content (AvgIpc) is 2.18. The fourth-order valence-corrected chi connectivity index (χ4v) is 1.09. The van der Waals surface area contributed by atoms with E-state index >= 15 is 0 Å². The summed E-state index contributed by atoms with van der Waals surface area (Å²) in [5.41, 5.74) is 1.63. The maximum Gasteiger partial charge on any atom is 0.0991 e. The summed E-state index contributed by atoms with van der Waals surface area (Å²) in [5.74, 6) is 0. The molecule has 0 amide bonds. The van der Waals surface area contributed by atoms with Crippen molar-refractivity contribution in [3.63, 3.8) is 0 Å². The van der Waals surface area contributed by atoms with Crippen LogP contribution in [0.2, 0.25) is 0 Å². The Bertz CT molecular complexity index is 311. The molecule has 14 heavy (non-hydrogen) atoms.